The highest BCUT2D eigenvalue weighted by atomic mass is 19.4. The van der Waals surface area contributed by atoms with Gasteiger partial charge in [0, 0.05) is 18.7 Å². The van der Waals surface area contributed by atoms with Crippen LogP contribution in [0.4, 0.5) is 13.2 Å². The highest BCUT2D eigenvalue weighted by molar-refractivity contribution is 5.54. The summed E-state index contributed by atoms with van der Waals surface area (Å²) in [6.45, 7) is 6.03. The molecule has 0 spiro atoms. The Labute approximate surface area is 137 Å². The Hall–Kier alpha value is -1.93. The van der Waals surface area contributed by atoms with Gasteiger partial charge in [0.2, 0.25) is 11.7 Å². The Bertz CT molecular complexity index is 675. The lowest BCUT2D eigenvalue weighted by molar-refractivity contribution is -0.137. The fraction of sp³-hybridized carbons (Fsp3) is 0.500. The predicted molar refractivity (Wildman–Crippen MR) is 80.0 cm³/mol. The van der Waals surface area contributed by atoms with E-state index in [2.05, 4.69) is 15.0 Å². The highest BCUT2D eigenvalue weighted by Crippen LogP contribution is 2.30. The first-order valence-electron chi connectivity index (χ1n) is 7.69. The molecule has 1 aliphatic heterocycles. The van der Waals surface area contributed by atoms with Gasteiger partial charge in [0.25, 0.3) is 0 Å². The maximum atomic E-state index is 12.6. The van der Waals surface area contributed by atoms with Crippen molar-refractivity contribution in [2.75, 3.05) is 13.1 Å². The van der Waals surface area contributed by atoms with Gasteiger partial charge in [0.1, 0.15) is 0 Å². The molecule has 0 amide bonds. The molecule has 0 radical (unpaired) electrons. The first kappa shape index (κ1) is 16.9. The lowest BCUT2D eigenvalue weighted by atomic mass is 10.1. The van der Waals surface area contributed by atoms with Crippen LogP contribution in [0.3, 0.4) is 0 Å². The smallest absolute Gasteiger partial charge is 0.373 e. The van der Waals surface area contributed by atoms with E-state index in [-0.39, 0.29) is 18.0 Å². The first-order valence-corrected chi connectivity index (χ1v) is 7.69. The molecule has 8 heteroatoms. The molecule has 0 bridgehead atoms. The number of alkyl halides is 3. The summed E-state index contributed by atoms with van der Waals surface area (Å²) in [7, 11) is 0. The lowest BCUT2D eigenvalue weighted by Gasteiger charge is -2.34. The molecule has 5 nitrogen and oxygen atoms in total. The zero-order valence-electron chi connectivity index (χ0n) is 13.4. The molecule has 24 heavy (non-hydrogen) atoms. The zero-order valence-corrected chi connectivity index (χ0v) is 13.4. The fourth-order valence-electron chi connectivity index (χ4n) is 2.85. The number of halogens is 3. The minimum absolute atomic E-state index is 0.131. The number of nitrogens with zero attached hydrogens (tertiary/aromatic N) is 3. The van der Waals surface area contributed by atoms with Crippen LogP contribution in [0, 0.1) is 0 Å². The van der Waals surface area contributed by atoms with Gasteiger partial charge in [-0.15, -0.1) is 0 Å². The van der Waals surface area contributed by atoms with E-state index in [1.165, 1.54) is 12.1 Å². The van der Waals surface area contributed by atoms with Crippen LogP contribution in [-0.2, 0) is 17.5 Å². The molecule has 0 aliphatic carbocycles. The van der Waals surface area contributed by atoms with Crippen LogP contribution in [0.25, 0.3) is 11.4 Å². The van der Waals surface area contributed by atoms with Gasteiger partial charge in [-0.1, -0.05) is 17.3 Å². The number of ether oxygens (including phenoxy) is 1. The third kappa shape index (κ3) is 3.93. The van der Waals surface area contributed by atoms with Crippen molar-refractivity contribution in [2.24, 2.45) is 0 Å². The van der Waals surface area contributed by atoms with Gasteiger partial charge >= 0.3 is 6.18 Å². The topological polar surface area (TPSA) is 51.4 Å². The molecule has 2 atom stereocenters. The number of rotatable bonds is 3. The Morgan fingerprint density at radius 2 is 1.75 bits per heavy atom. The number of hydrogen-bond donors (Lipinski definition) is 0. The number of hydrogen-bond acceptors (Lipinski definition) is 5. The van der Waals surface area contributed by atoms with Crippen LogP contribution < -0.4 is 0 Å². The van der Waals surface area contributed by atoms with Crippen LogP contribution in [-0.4, -0.2) is 40.3 Å². The zero-order chi connectivity index (χ0) is 17.3. The average Bonchev–Trinajstić information content (AvgIpc) is 2.94. The molecule has 3 rings (SSSR count). The molecule has 1 aromatic heterocycles. The van der Waals surface area contributed by atoms with Gasteiger partial charge in [-0.2, -0.15) is 18.2 Å². The SMILES string of the molecule is C[C@@H]1CN(Cc2nc(-c3ccc(C(F)(F)F)cc3)no2)C[C@@H](C)O1. The highest BCUT2D eigenvalue weighted by Gasteiger charge is 2.30. The van der Waals surface area contributed by atoms with Crippen molar-refractivity contribution in [3.8, 4) is 11.4 Å². The van der Waals surface area contributed by atoms with Crippen molar-refractivity contribution in [1.82, 2.24) is 15.0 Å². The Kier molecular flexibility index (Phi) is 4.60. The van der Waals surface area contributed by atoms with Gasteiger partial charge in [-0.25, -0.2) is 0 Å². The lowest BCUT2D eigenvalue weighted by Crippen LogP contribution is -2.44. The molecule has 1 aromatic carbocycles. The number of benzene rings is 1. The first-order chi connectivity index (χ1) is 11.3. The van der Waals surface area contributed by atoms with Gasteiger partial charge in [0.05, 0.1) is 24.3 Å². The van der Waals surface area contributed by atoms with Crippen LogP contribution in [0.2, 0.25) is 0 Å². The van der Waals surface area contributed by atoms with Gasteiger partial charge in [-0.3, -0.25) is 4.90 Å². The molecular formula is C16H18F3N3O2. The second-order valence-electron chi connectivity index (χ2n) is 6.04. The van der Waals surface area contributed by atoms with E-state index in [4.69, 9.17) is 9.26 Å². The van der Waals surface area contributed by atoms with Gasteiger partial charge < -0.3 is 9.26 Å². The molecule has 1 saturated heterocycles. The molecule has 2 heterocycles. The van der Waals surface area contributed by atoms with Gasteiger partial charge in [0.15, 0.2) is 0 Å². The maximum absolute atomic E-state index is 12.6. The molecule has 0 N–H and O–H groups in total. The summed E-state index contributed by atoms with van der Waals surface area (Å²) in [5, 5.41) is 3.86. The fourth-order valence-corrected chi connectivity index (χ4v) is 2.85. The minimum Gasteiger partial charge on any atom is -0.373 e. The third-order valence-corrected chi connectivity index (χ3v) is 3.79. The molecule has 0 unspecified atom stereocenters. The monoisotopic (exact) mass is 341 g/mol. The Balaban J connectivity index is 1.69. The number of morpholine rings is 1. The standard InChI is InChI=1S/C16H18F3N3O2/c1-10-7-22(8-11(2)23-10)9-14-20-15(21-24-14)12-3-5-13(6-4-12)16(17,18)19/h3-6,10-11H,7-9H2,1-2H3/t10-,11-/m1/s1. The minimum atomic E-state index is -4.36. The van der Waals surface area contributed by atoms with Crippen molar-refractivity contribution in [3.63, 3.8) is 0 Å². The van der Waals surface area contributed by atoms with Crippen molar-refractivity contribution in [2.45, 2.75) is 38.8 Å². The maximum Gasteiger partial charge on any atom is 0.416 e. The van der Waals surface area contributed by atoms with E-state index in [1.807, 2.05) is 13.8 Å². The van der Waals surface area contributed by atoms with Gasteiger partial charge in [-0.05, 0) is 26.0 Å². The summed E-state index contributed by atoms with van der Waals surface area (Å²) >= 11 is 0. The predicted octanol–water partition coefficient (Wildman–Crippen LogP) is 3.36. The second-order valence-corrected chi connectivity index (χ2v) is 6.04. The van der Waals surface area contributed by atoms with Crippen LogP contribution in [0.15, 0.2) is 28.8 Å². The van der Waals surface area contributed by atoms with Crippen molar-refractivity contribution in [3.05, 3.63) is 35.7 Å². The number of aromatic nitrogens is 2. The van der Waals surface area contributed by atoms with E-state index >= 15 is 0 Å². The summed E-state index contributed by atoms with van der Waals surface area (Å²) in [5.41, 5.74) is -0.215. The summed E-state index contributed by atoms with van der Waals surface area (Å²) in [6, 6.07) is 4.71. The summed E-state index contributed by atoms with van der Waals surface area (Å²) < 4.78 is 48.6. The van der Waals surface area contributed by atoms with E-state index in [0.717, 1.165) is 25.2 Å². The van der Waals surface area contributed by atoms with Crippen LogP contribution in [0.1, 0.15) is 25.3 Å². The molecule has 130 valence electrons. The summed E-state index contributed by atoms with van der Waals surface area (Å²) in [5.74, 6) is 0.722. The molecule has 0 saturated carbocycles. The third-order valence-electron chi connectivity index (χ3n) is 3.79. The molecule has 1 fully saturated rings. The van der Waals surface area contributed by atoms with Crippen LogP contribution in [0.5, 0.6) is 0 Å². The van der Waals surface area contributed by atoms with E-state index in [9.17, 15) is 13.2 Å². The summed E-state index contributed by atoms with van der Waals surface area (Å²) in [4.78, 5) is 6.43. The Morgan fingerprint density at radius 3 is 2.33 bits per heavy atom. The van der Waals surface area contributed by atoms with E-state index < -0.39 is 11.7 Å². The van der Waals surface area contributed by atoms with Crippen molar-refractivity contribution >= 4 is 0 Å². The molecule has 2 aromatic rings. The largest absolute Gasteiger partial charge is 0.416 e. The van der Waals surface area contributed by atoms with E-state index in [0.29, 0.717) is 18.0 Å². The molecular weight excluding hydrogens is 323 g/mol. The second kappa shape index (κ2) is 6.52. The van der Waals surface area contributed by atoms with Crippen molar-refractivity contribution in [1.29, 1.82) is 0 Å². The normalized spacial score (nSPS) is 22.7. The average molecular weight is 341 g/mol. The van der Waals surface area contributed by atoms with Crippen molar-refractivity contribution < 1.29 is 22.4 Å². The van der Waals surface area contributed by atoms with E-state index in [1.54, 1.807) is 0 Å². The van der Waals surface area contributed by atoms with Crippen LogP contribution >= 0.6 is 0 Å². The quantitative estimate of drug-likeness (QED) is 0.857. The summed E-state index contributed by atoms with van der Waals surface area (Å²) in [6.07, 6.45) is -4.10. The Morgan fingerprint density at radius 1 is 1.12 bits per heavy atom. The molecule has 1 aliphatic rings.